The first kappa shape index (κ1) is 9.57. The second-order valence-corrected chi connectivity index (χ2v) is 2.40. The number of halogens is 2. The van der Waals surface area contributed by atoms with Gasteiger partial charge in [0.25, 0.3) is 6.43 Å². The maximum atomic E-state index is 12.2. The molecule has 0 aliphatic rings. The molecule has 3 nitrogen and oxygen atoms in total. The van der Waals surface area contributed by atoms with E-state index >= 15 is 0 Å². The predicted octanol–water partition coefficient (Wildman–Crippen LogP) is 1.82. The van der Waals surface area contributed by atoms with Crippen LogP contribution in [-0.2, 0) is 6.54 Å². The molecule has 0 saturated carbocycles. The molecule has 5 heteroatoms. The van der Waals surface area contributed by atoms with Crippen LogP contribution in [0.4, 0.5) is 8.78 Å². The molecule has 0 spiro atoms. The first-order valence-corrected chi connectivity index (χ1v) is 3.60. The maximum Gasteiger partial charge on any atom is 0.282 e. The summed E-state index contributed by atoms with van der Waals surface area (Å²) < 4.78 is 25.7. The number of alkyl halides is 2. The number of carbonyl (C=O) groups excluding carboxylic acids is 1. The van der Waals surface area contributed by atoms with Crippen molar-refractivity contribution in [2.45, 2.75) is 13.0 Å². The van der Waals surface area contributed by atoms with Gasteiger partial charge in [0.15, 0.2) is 6.29 Å². The van der Waals surface area contributed by atoms with Gasteiger partial charge in [-0.25, -0.2) is 8.78 Å². The molecule has 0 unspecified atom stereocenters. The van der Waals surface area contributed by atoms with Crippen molar-refractivity contribution in [1.82, 2.24) is 9.78 Å². The molecule has 0 radical (unpaired) electrons. The van der Waals surface area contributed by atoms with Crippen LogP contribution in [-0.4, -0.2) is 16.1 Å². The molecule has 0 aliphatic heterocycles. The van der Waals surface area contributed by atoms with Crippen molar-refractivity contribution in [3.05, 3.63) is 30.1 Å². The van der Waals surface area contributed by atoms with E-state index in [1.165, 1.54) is 17.0 Å². The Kier molecular flexibility index (Phi) is 2.89. The minimum Gasteiger partial charge on any atom is -0.298 e. The van der Waals surface area contributed by atoms with Crippen LogP contribution in [0.2, 0.25) is 0 Å². The molecule has 0 aromatic carbocycles. The van der Waals surface area contributed by atoms with E-state index in [0.29, 0.717) is 12.8 Å². The van der Waals surface area contributed by atoms with E-state index in [-0.39, 0.29) is 5.56 Å². The quantitative estimate of drug-likeness (QED) is 0.531. The van der Waals surface area contributed by atoms with Gasteiger partial charge in [0.2, 0.25) is 0 Å². The number of allylic oxidation sites excluding steroid dienone is 1. The molecule has 1 rings (SSSR count). The van der Waals surface area contributed by atoms with Gasteiger partial charge in [0.1, 0.15) is 5.69 Å². The summed E-state index contributed by atoms with van der Waals surface area (Å²) in [6, 6.07) is 0. The van der Waals surface area contributed by atoms with Crippen molar-refractivity contribution in [2.75, 3.05) is 0 Å². The second kappa shape index (κ2) is 3.93. The van der Waals surface area contributed by atoms with Crippen LogP contribution in [0.15, 0.2) is 18.9 Å². The van der Waals surface area contributed by atoms with Crippen LogP contribution in [0.5, 0.6) is 0 Å². The average Bonchev–Trinajstić information content (AvgIpc) is 2.48. The van der Waals surface area contributed by atoms with Gasteiger partial charge in [-0.05, 0) is 0 Å². The highest BCUT2D eigenvalue weighted by atomic mass is 19.3. The van der Waals surface area contributed by atoms with Crippen molar-refractivity contribution in [2.24, 2.45) is 0 Å². The Morgan fingerprint density at radius 2 is 2.38 bits per heavy atom. The smallest absolute Gasteiger partial charge is 0.282 e. The fraction of sp³-hybridized carbons (Fsp3) is 0.250. The third kappa shape index (κ3) is 1.99. The van der Waals surface area contributed by atoms with E-state index in [1.807, 2.05) is 0 Å². The van der Waals surface area contributed by atoms with Crippen molar-refractivity contribution < 1.29 is 13.6 Å². The number of aromatic nitrogens is 2. The number of hydrogen-bond acceptors (Lipinski definition) is 2. The molecular formula is C8H8F2N2O. The molecule has 1 aromatic rings. The SMILES string of the molecule is C=CCn1cc(C=O)c(C(F)F)n1. The Balaban J connectivity index is 3.03. The van der Waals surface area contributed by atoms with E-state index < -0.39 is 12.1 Å². The Labute approximate surface area is 73.7 Å². The van der Waals surface area contributed by atoms with Crippen LogP contribution >= 0.6 is 0 Å². The number of carbonyl (C=O) groups is 1. The molecule has 1 heterocycles. The van der Waals surface area contributed by atoms with Gasteiger partial charge in [-0.15, -0.1) is 6.58 Å². The van der Waals surface area contributed by atoms with Crippen LogP contribution < -0.4 is 0 Å². The molecule has 0 fully saturated rings. The standard InChI is InChI=1S/C8H8F2N2O/c1-2-3-12-4-6(5-13)7(11-12)8(9)10/h2,4-5,8H,1,3H2. The molecular weight excluding hydrogens is 178 g/mol. The molecule has 70 valence electrons. The third-order valence-electron chi connectivity index (χ3n) is 1.47. The van der Waals surface area contributed by atoms with Gasteiger partial charge >= 0.3 is 0 Å². The van der Waals surface area contributed by atoms with E-state index in [2.05, 4.69) is 11.7 Å². The van der Waals surface area contributed by atoms with E-state index in [9.17, 15) is 13.6 Å². The number of aldehydes is 1. The van der Waals surface area contributed by atoms with Crippen LogP contribution in [0, 0.1) is 0 Å². The van der Waals surface area contributed by atoms with Crippen molar-refractivity contribution in [3.8, 4) is 0 Å². The lowest BCUT2D eigenvalue weighted by Gasteiger charge is -1.93. The van der Waals surface area contributed by atoms with Gasteiger partial charge in [0.05, 0.1) is 12.1 Å². The van der Waals surface area contributed by atoms with Crippen molar-refractivity contribution in [3.63, 3.8) is 0 Å². The summed E-state index contributed by atoms with van der Waals surface area (Å²) in [7, 11) is 0. The molecule has 0 bridgehead atoms. The molecule has 0 aliphatic carbocycles. The Bertz CT molecular complexity index is 320. The number of rotatable bonds is 4. The summed E-state index contributed by atoms with van der Waals surface area (Å²) in [6.07, 6.45) is 0.437. The fourth-order valence-electron chi connectivity index (χ4n) is 0.938. The lowest BCUT2D eigenvalue weighted by molar-refractivity contribution is 0.110. The Morgan fingerprint density at radius 3 is 2.77 bits per heavy atom. The molecule has 0 saturated heterocycles. The minimum atomic E-state index is -2.72. The van der Waals surface area contributed by atoms with Crippen LogP contribution in [0.25, 0.3) is 0 Å². The zero-order valence-corrected chi connectivity index (χ0v) is 6.78. The second-order valence-electron chi connectivity index (χ2n) is 2.40. The summed E-state index contributed by atoms with van der Waals surface area (Å²) in [5.74, 6) is 0. The first-order chi connectivity index (χ1) is 6.19. The summed E-state index contributed by atoms with van der Waals surface area (Å²) >= 11 is 0. The van der Waals surface area contributed by atoms with Gasteiger partial charge in [-0.3, -0.25) is 9.48 Å². The summed E-state index contributed by atoms with van der Waals surface area (Å²) in [5.41, 5.74) is -0.547. The molecule has 13 heavy (non-hydrogen) atoms. The van der Waals surface area contributed by atoms with Gasteiger partial charge < -0.3 is 0 Å². The zero-order valence-electron chi connectivity index (χ0n) is 6.78. The van der Waals surface area contributed by atoms with Crippen LogP contribution in [0.3, 0.4) is 0 Å². The molecule has 0 atom stereocenters. The van der Waals surface area contributed by atoms with E-state index in [1.54, 1.807) is 0 Å². The molecule has 1 aromatic heterocycles. The minimum absolute atomic E-state index is 0.0724. The highest BCUT2D eigenvalue weighted by Gasteiger charge is 2.16. The molecule has 0 N–H and O–H groups in total. The monoisotopic (exact) mass is 186 g/mol. The molecule has 0 amide bonds. The zero-order chi connectivity index (χ0) is 9.84. The maximum absolute atomic E-state index is 12.2. The highest BCUT2D eigenvalue weighted by Crippen LogP contribution is 2.19. The van der Waals surface area contributed by atoms with Gasteiger partial charge in [-0.1, -0.05) is 6.08 Å². The Morgan fingerprint density at radius 1 is 1.69 bits per heavy atom. The summed E-state index contributed by atoms with van der Waals surface area (Å²) in [5, 5.41) is 3.53. The predicted molar refractivity (Wildman–Crippen MR) is 42.8 cm³/mol. The average molecular weight is 186 g/mol. The third-order valence-corrected chi connectivity index (χ3v) is 1.47. The van der Waals surface area contributed by atoms with E-state index in [0.717, 1.165) is 0 Å². The number of hydrogen-bond donors (Lipinski definition) is 0. The lowest BCUT2D eigenvalue weighted by atomic mass is 10.3. The van der Waals surface area contributed by atoms with Crippen molar-refractivity contribution in [1.29, 1.82) is 0 Å². The largest absolute Gasteiger partial charge is 0.298 e. The number of nitrogens with zero attached hydrogens (tertiary/aromatic N) is 2. The van der Waals surface area contributed by atoms with E-state index in [4.69, 9.17) is 0 Å². The van der Waals surface area contributed by atoms with Gasteiger partial charge in [-0.2, -0.15) is 5.10 Å². The Hall–Kier alpha value is -1.52. The normalized spacial score (nSPS) is 10.4. The van der Waals surface area contributed by atoms with Crippen molar-refractivity contribution >= 4 is 6.29 Å². The topological polar surface area (TPSA) is 34.9 Å². The van der Waals surface area contributed by atoms with Gasteiger partial charge in [0, 0.05) is 6.20 Å². The summed E-state index contributed by atoms with van der Waals surface area (Å²) in [6.45, 7) is 3.74. The fourth-order valence-corrected chi connectivity index (χ4v) is 0.938. The summed E-state index contributed by atoms with van der Waals surface area (Å²) in [4.78, 5) is 10.3. The first-order valence-electron chi connectivity index (χ1n) is 3.60. The van der Waals surface area contributed by atoms with Crippen LogP contribution in [0.1, 0.15) is 22.5 Å². The highest BCUT2D eigenvalue weighted by molar-refractivity contribution is 5.76. The lowest BCUT2D eigenvalue weighted by Crippen LogP contribution is -1.96.